The molecule has 1 aromatic rings. The van der Waals surface area contributed by atoms with E-state index in [9.17, 15) is 10.1 Å². The van der Waals surface area contributed by atoms with Crippen molar-refractivity contribution in [2.24, 2.45) is 0 Å². The van der Waals surface area contributed by atoms with Gasteiger partial charge in [0.15, 0.2) is 0 Å². The van der Waals surface area contributed by atoms with Gasteiger partial charge in [0.25, 0.3) is 5.69 Å². The van der Waals surface area contributed by atoms with Crippen LogP contribution in [0.15, 0.2) is 18.2 Å². The number of non-ortho nitro benzene ring substituents is 1. The number of ether oxygens (including phenoxy) is 1. The number of aliphatic hydroxyl groups excluding tert-OH is 1. The second-order valence-electron chi connectivity index (χ2n) is 3.02. The van der Waals surface area contributed by atoms with Gasteiger partial charge in [-0.3, -0.25) is 10.1 Å². The van der Waals surface area contributed by atoms with Crippen molar-refractivity contribution in [3.63, 3.8) is 0 Å². The van der Waals surface area contributed by atoms with Crippen LogP contribution in [0, 0.1) is 10.1 Å². The van der Waals surface area contributed by atoms with Crippen LogP contribution in [0.1, 0.15) is 6.92 Å². The highest BCUT2D eigenvalue weighted by molar-refractivity contribution is 5.60. The predicted molar refractivity (Wildman–Crippen MR) is 59.8 cm³/mol. The minimum Gasteiger partial charge on any atom is -0.491 e. The lowest BCUT2D eigenvalue weighted by Gasteiger charge is -2.11. The largest absolute Gasteiger partial charge is 0.491 e. The van der Waals surface area contributed by atoms with Crippen LogP contribution < -0.4 is 10.1 Å². The summed E-state index contributed by atoms with van der Waals surface area (Å²) >= 11 is 0. The van der Waals surface area contributed by atoms with Crippen molar-refractivity contribution >= 4 is 11.4 Å². The summed E-state index contributed by atoms with van der Waals surface area (Å²) in [6.07, 6.45) is 0. The predicted octanol–water partition coefficient (Wildman–Crippen LogP) is 1.40. The quantitative estimate of drug-likeness (QED) is 0.565. The third-order valence-electron chi connectivity index (χ3n) is 1.90. The Morgan fingerprint density at radius 1 is 1.56 bits per heavy atom. The number of anilines is 1. The summed E-state index contributed by atoms with van der Waals surface area (Å²) < 4.78 is 5.28. The van der Waals surface area contributed by atoms with E-state index < -0.39 is 4.92 Å². The van der Waals surface area contributed by atoms with E-state index in [2.05, 4.69) is 5.32 Å². The number of rotatable bonds is 6. The number of benzene rings is 1. The molecule has 0 unspecified atom stereocenters. The molecule has 0 atom stereocenters. The van der Waals surface area contributed by atoms with Crippen molar-refractivity contribution in [1.82, 2.24) is 0 Å². The molecule has 0 heterocycles. The molecule has 1 aromatic carbocycles. The molecule has 0 spiro atoms. The van der Waals surface area contributed by atoms with E-state index in [4.69, 9.17) is 9.84 Å². The smallest absolute Gasteiger partial charge is 0.273 e. The number of hydrogen-bond donors (Lipinski definition) is 2. The summed E-state index contributed by atoms with van der Waals surface area (Å²) in [7, 11) is 0. The first-order valence-electron chi connectivity index (χ1n) is 4.95. The Kier molecular flexibility index (Phi) is 4.53. The minimum absolute atomic E-state index is 0.0114. The van der Waals surface area contributed by atoms with Crippen LogP contribution in [0.3, 0.4) is 0 Å². The van der Waals surface area contributed by atoms with Crippen molar-refractivity contribution in [2.45, 2.75) is 6.92 Å². The summed E-state index contributed by atoms with van der Waals surface area (Å²) in [6.45, 7) is 2.59. The van der Waals surface area contributed by atoms with Crippen LogP contribution in [0.5, 0.6) is 5.75 Å². The van der Waals surface area contributed by atoms with Crippen LogP contribution in [0.4, 0.5) is 11.4 Å². The SMILES string of the molecule is CCOc1cc([N+](=O)[O-])ccc1NCCO. The molecule has 16 heavy (non-hydrogen) atoms. The molecular weight excluding hydrogens is 212 g/mol. The van der Waals surface area contributed by atoms with Gasteiger partial charge in [-0.05, 0) is 13.0 Å². The molecule has 0 bridgehead atoms. The zero-order chi connectivity index (χ0) is 12.0. The van der Waals surface area contributed by atoms with Gasteiger partial charge in [-0.25, -0.2) is 0 Å². The van der Waals surface area contributed by atoms with Gasteiger partial charge in [0, 0.05) is 12.6 Å². The molecule has 0 amide bonds. The van der Waals surface area contributed by atoms with Gasteiger partial charge in [-0.2, -0.15) is 0 Å². The Morgan fingerprint density at radius 2 is 2.31 bits per heavy atom. The second-order valence-corrected chi connectivity index (χ2v) is 3.02. The monoisotopic (exact) mass is 226 g/mol. The molecule has 0 fully saturated rings. The maximum Gasteiger partial charge on any atom is 0.273 e. The molecule has 6 nitrogen and oxygen atoms in total. The molecule has 0 aliphatic carbocycles. The topological polar surface area (TPSA) is 84.6 Å². The van der Waals surface area contributed by atoms with Crippen molar-refractivity contribution < 1.29 is 14.8 Å². The molecule has 88 valence electrons. The Morgan fingerprint density at radius 3 is 2.88 bits per heavy atom. The number of nitrogens with one attached hydrogen (secondary N) is 1. The normalized spacial score (nSPS) is 9.88. The number of nitro groups is 1. The van der Waals surface area contributed by atoms with E-state index in [-0.39, 0.29) is 12.3 Å². The fourth-order valence-corrected chi connectivity index (χ4v) is 1.24. The van der Waals surface area contributed by atoms with E-state index in [1.807, 2.05) is 0 Å². The zero-order valence-corrected chi connectivity index (χ0v) is 8.97. The average molecular weight is 226 g/mol. The first-order valence-corrected chi connectivity index (χ1v) is 4.95. The Balaban J connectivity index is 2.94. The van der Waals surface area contributed by atoms with E-state index in [0.29, 0.717) is 24.6 Å². The lowest BCUT2D eigenvalue weighted by Crippen LogP contribution is -2.07. The van der Waals surface area contributed by atoms with Crippen molar-refractivity contribution in [2.75, 3.05) is 25.1 Å². The number of nitro benzene ring substituents is 1. The Bertz CT molecular complexity index is 368. The number of hydrogen-bond acceptors (Lipinski definition) is 5. The molecule has 6 heteroatoms. The molecule has 0 aromatic heterocycles. The standard InChI is InChI=1S/C10H14N2O4/c1-2-16-10-7-8(12(14)15)3-4-9(10)11-5-6-13/h3-4,7,11,13H,2,5-6H2,1H3. The summed E-state index contributed by atoms with van der Waals surface area (Å²) in [5.41, 5.74) is 0.625. The summed E-state index contributed by atoms with van der Waals surface area (Å²) in [5, 5.41) is 22.2. The number of nitrogens with zero attached hydrogens (tertiary/aromatic N) is 1. The van der Waals surface area contributed by atoms with Gasteiger partial charge >= 0.3 is 0 Å². The van der Waals surface area contributed by atoms with Crippen molar-refractivity contribution in [3.05, 3.63) is 28.3 Å². The first kappa shape index (κ1) is 12.3. The molecular formula is C10H14N2O4. The molecule has 1 rings (SSSR count). The zero-order valence-electron chi connectivity index (χ0n) is 8.97. The molecule has 0 saturated heterocycles. The van der Waals surface area contributed by atoms with Crippen LogP contribution in [0.2, 0.25) is 0 Å². The third kappa shape index (κ3) is 3.09. The highest BCUT2D eigenvalue weighted by Gasteiger charge is 2.11. The van der Waals surface area contributed by atoms with Crippen LogP contribution in [0.25, 0.3) is 0 Å². The van der Waals surface area contributed by atoms with Gasteiger partial charge in [-0.1, -0.05) is 0 Å². The maximum absolute atomic E-state index is 10.6. The summed E-state index contributed by atoms with van der Waals surface area (Å²) in [5.74, 6) is 0.421. The lowest BCUT2D eigenvalue weighted by atomic mass is 10.2. The fraction of sp³-hybridized carbons (Fsp3) is 0.400. The van der Waals surface area contributed by atoms with Crippen molar-refractivity contribution in [3.8, 4) is 5.75 Å². The maximum atomic E-state index is 10.6. The van der Waals surface area contributed by atoms with Crippen LogP contribution in [-0.2, 0) is 0 Å². The van der Waals surface area contributed by atoms with Gasteiger partial charge in [-0.15, -0.1) is 0 Å². The van der Waals surface area contributed by atoms with E-state index >= 15 is 0 Å². The van der Waals surface area contributed by atoms with Gasteiger partial charge < -0.3 is 15.2 Å². The molecule has 0 aliphatic heterocycles. The lowest BCUT2D eigenvalue weighted by molar-refractivity contribution is -0.384. The summed E-state index contributed by atoms with van der Waals surface area (Å²) in [6, 6.07) is 4.32. The van der Waals surface area contributed by atoms with Crippen molar-refractivity contribution in [1.29, 1.82) is 0 Å². The second kappa shape index (κ2) is 5.92. The third-order valence-corrected chi connectivity index (χ3v) is 1.90. The Hall–Kier alpha value is -1.82. The highest BCUT2D eigenvalue weighted by Crippen LogP contribution is 2.29. The first-order chi connectivity index (χ1) is 7.69. The molecule has 0 radical (unpaired) electrons. The van der Waals surface area contributed by atoms with E-state index in [1.54, 1.807) is 13.0 Å². The van der Waals surface area contributed by atoms with E-state index in [1.165, 1.54) is 12.1 Å². The van der Waals surface area contributed by atoms with Gasteiger partial charge in [0.05, 0.1) is 29.9 Å². The van der Waals surface area contributed by atoms with E-state index in [0.717, 1.165) is 0 Å². The molecule has 2 N–H and O–H groups in total. The van der Waals surface area contributed by atoms with Crippen LogP contribution >= 0.6 is 0 Å². The number of aliphatic hydroxyl groups is 1. The Labute approximate surface area is 93.0 Å². The summed E-state index contributed by atoms with van der Waals surface area (Å²) in [4.78, 5) is 10.1. The molecule has 0 saturated carbocycles. The highest BCUT2D eigenvalue weighted by atomic mass is 16.6. The molecule has 0 aliphatic rings. The van der Waals surface area contributed by atoms with Gasteiger partial charge in [0.2, 0.25) is 0 Å². The van der Waals surface area contributed by atoms with Gasteiger partial charge in [0.1, 0.15) is 5.75 Å². The minimum atomic E-state index is -0.474. The van der Waals surface area contributed by atoms with Crippen LogP contribution in [-0.4, -0.2) is 29.8 Å². The fourth-order valence-electron chi connectivity index (χ4n) is 1.24. The average Bonchev–Trinajstić information content (AvgIpc) is 2.27.